The van der Waals surface area contributed by atoms with Gasteiger partial charge in [-0.1, -0.05) is 122 Å². The summed E-state index contributed by atoms with van der Waals surface area (Å²) in [6, 6.07) is 0. The Morgan fingerprint density at radius 1 is 0.667 bits per heavy atom. The van der Waals surface area contributed by atoms with Gasteiger partial charge in [-0.15, -0.1) is 0 Å². The lowest BCUT2D eigenvalue weighted by Crippen LogP contribution is -2.07. The van der Waals surface area contributed by atoms with Gasteiger partial charge in [0, 0.05) is 19.3 Å². The van der Waals surface area contributed by atoms with Gasteiger partial charge < -0.3 is 20.1 Å². The predicted octanol–water partition coefficient (Wildman–Crippen LogP) is 7.78. The minimum absolute atomic E-state index is 0.176. The van der Waals surface area contributed by atoms with Gasteiger partial charge in [0.2, 0.25) is 0 Å². The van der Waals surface area contributed by atoms with Gasteiger partial charge in [0.15, 0.2) is 6.29 Å². The molecule has 0 spiro atoms. The van der Waals surface area contributed by atoms with Crippen LogP contribution in [0.4, 0.5) is 0 Å². The molecule has 0 saturated heterocycles. The van der Waals surface area contributed by atoms with Gasteiger partial charge in [-0.2, -0.15) is 0 Å². The molecule has 33 heavy (non-hydrogen) atoms. The van der Waals surface area contributed by atoms with Crippen LogP contribution in [0.15, 0.2) is 12.2 Å². The van der Waals surface area contributed by atoms with E-state index in [1.807, 2.05) is 0 Å². The molecule has 0 aliphatic rings. The van der Waals surface area contributed by atoms with Crippen LogP contribution in [-0.4, -0.2) is 41.3 Å². The summed E-state index contributed by atoms with van der Waals surface area (Å²) in [5.74, 6) is -0.935. The van der Waals surface area contributed by atoms with E-state index in [0.29, 0.717) is 6.61 Å². The van der Waals surface area contributed by atoms with Crippen LogP contribution >= 0.6 is 0 Å². The number of carboxylic acid groups (broad SMARTS) is 1. The van der Waals surface area contributed by atoms with Crippen molar-refractivity contribution >= 4 is 5.97 Å². The summed E-state index contributed by atoms with van der Waals surface area (Å²) in [5.41, 5.74) is 0.176. The predicted molar refractivity (Wildman–Crippen MR) is 140 cm³/mol. The lowest BCUT2D eigenvalue weighted by atomic mass is 10.0. The summed E-state index contributed by atoms with van der Waals surface area (Å²) < 4.78 is 4.84. The largest absolute Gasteiger partial charge is 0.478 e. The summed E-state index contributed by atoms with van der Waals surface area (Å²) in [5, 5.41) is 25.9. The molecule has 0 aliphatic carbocycles. The van der Waals surface area contributed by atoms with Gasteiger partial charge in [0.05, 0.1) is 0 Å². The highest BCUT2D eigenvalue weighted by Crippen LogP contribution is 2.15. The molecule has 198 valence electrons. The Kier molecular flexibility index (Phi) is 30.2. The lowest BCUT2D eigenvalue weighted by molar-refractivity contribution is -0.132. The van der Waals surface area contributed by atoms with E-state index in [2.05, 4.69) is 6.58 Å². The first-order chi connectivity index (χ1) is 16.0. The molecule has 1 atom stereocenters. The van der Waals surface area contributed by atoms with Crippen LogP contribution in [-0.2, 0) is 9.53 Å². The summed E-state index contributed by atoms with van der Waals surface area (Å²) in [6.07, 6.45) is 27.0. The molecule has 0 saturated carbocycles. The number of methoxy groups -OCH3 is 1. The number of unbranched alkanes of at least 4 members (excludes halogenated alkanes) is 19. The van der Waals surface area contributed by atoms with Crippen molar-refractivity contribution in [2.75, 3.05) is 13.7 Å². The maximum atomic E-state index is 9.60. The number of carboxylic acids is 1. The summed E-state index contributed by atoms with van der Waals surface area (Å²) in [7, 11) is 1.57. The summed E-state index contributed by atoms with van der Waals surface area (Å²) in [6.45, 7) is 4.97. The number of ether oxygens (including phenoxy) is 1. The van der Waals surface area contributed by atoms with Gasteiger partial charge >= 0.3 is 5.97 Å². The second kappa shape index (κ2) is 29.1. The zero-order valence-electron chi connectivity index (χ0n) is 22.0. The van der Waals surface area contributed by atoms with Crippen molar-refractivity contribution in [3.8, 4) is 0 Å². The molecule has 3 N–H and O–H groups in total. The smallest absolute Gasteiger partial charge is 0.330 e. The van der Waals surface area contributed by atoms with Crippen molar-refractivity contribution in [2.45, 2.75) is 148 Å². The maximum Gasteiger partial charge on any atom is 0.330 e. The molecule has 0 rings (SSSR count). The fourth-order valence-corrected chi connectivity index (χ4v) is 3.73. The standard InChI is InChI=1S/C24H50O3.C4H6O2/c1-27-24(26)22-20-18-16-14-12-10-8-6-4-2-3-5-7-9-11-13-15-17-19-21-23-25;1-3(2)4(5)6/h24-26H,2-23H2,1H3;1H2,2H3,(H,5,6). The lowest BCUT2D eigenvalue weighted by Gasteiger charge is -2.07. The monoisotopic (exact) mass is 472 g/mol. The molecule has 0 amide bonds. The zero-order chi connectivity index (χ0) is 25.0. The normalized spacial score (nSPS) is 11.6. The Morgan fingerprint density at radius 2 is 0.909 bits per heavy atom. The SMILES string of the molecule is C=C(C)C(=O)O.COC(O)CCCCCCCCCCCCCCCCCCCCCCO. The Balaban J connectivity index is 0. The van der Waals surface area contributed by atoms with Crippen molar-refractivity contribution in [1.29, 1.82) is 0 Å². The topological polar surface area (TPSA) is 87.0 Å². The van der Waals surface area contributed by atoms with Crippen LogP contribution in [0, 0.1) is 0 Å². The third-order valence-electron chi connectivity index (χ3n) is 6.00. The van der Waals surface area contributed by atoms with Crippen LogP contribution in [0.5, 0.6) is 0 Å². The van der Waals surface area contributed by atoms with Crippen LogP contribution < -0.4 is 0 Å². The number of hydrogen-bond donors (Lipinski definition) is 3. The Hall–Kier alpha value is -0.910. The third kappa shape index (κ3) is 33.3. The highest BCUT2D eigenvalue weighted by molar-refractivity contribution is 5.84. The van der Waals surface area contributed by atoms with Crippen molar-refractivity contribution in [1.82, 2.24) is 0 Å². The second-order valence-electron chi connectivity index (χ2n) is 9.36. The number of aliphatic hydroxyl groups is 2. The van der Waals surface area contributed by atoms with Crippen LogP contribution in [0.25, 0.3) is 0 Å². The maximum absolute atomic E-state index is 9.60. The number of aliphatic hydroxyl groups excluding tert-OH is 2. The number of aliphatic carboxylic acids is 1. The average Bonchev–Trinajstić information content (AvgIpc) is 2.80. The first-order valence-electron chi connectivity index (χ1n) is 13.7. The number of rotatable bonds is 24. The van der Waals surface area contributed by atoms with Crippen molar-refractivity contribution in [2.24, 2.45) is 0 Å². The van der Waals surface area contributed by atoms with Crippen LogP contribution in [0.1, 0.15) is 142 Å². The molecule has 0 bridgehead atoms. The van der Waals surface area contributed by atoms with Gasteiger partial charge in [0.1, 0.15) is 0 Å². The van der Waals surface area contributed by atoms with E-state index in [9.17, 15) is 9.90 Å². The summed E-state index contributed by atoms with van der Waals surface area (Å²) >= 11 is 0. The Bertz CT molecular complexity index is 399. The molecule has 0 fully saturated rings. The van der Waals surface area contributed by atoms with Gasteiger partial charge in [0.25, 0.3) is 0 Å². The number of hydrogen-bond acceptors (Lipinski definition) is 4. The Labute approximate surface area is 205 Å². The Morgan fingerprint density at radius 3 is 1.12 bits per heavy atom. The van der Waals surface area contributed by atoms with Crippen molar-refractivity contribution < 1.29 is 24.9 Å². The van der Waals surface area contributed by atoms with Crippen molar-refractivity contribution in [3.63, 3.8) is 0 Å². The van der Waals surface area contributed by atoms with E-state index in [-0.39, 0.29) is 5.57 Å². The average molecular weight is 473 g/mol. The second-order valence-corrected chi connectivity index (χ2v) is 9.36. The van der Waals surface area contributed by atoms with E-state index in [1.165, 1.54) is 122 Å². The molecule has 0 aromatic rings. The highest BCUT2D eigenvalue weighted by atomic mass is 16.6. The zero-order valence-corrected chi connectivity index (χ0v) is 22.0. The van der Waals surface area contributed by atoms with Crippen LogP contribution in [0.2, 0.25) is 0 Å². The third-order valence-corrected chi connectivity index (χ3v) is 6.00. The molecule has 0 aliphatic heterocycles. The minimum Gasteiger partial charge on any atom is -0.478 e. The van der Waals surface area contributed by atoms with E-state index in [1.54, 1.807) is 7.11 Å². The number of carbonyl (C=O) groups is 1. The van der Waals surface area contributed by atoms with Gasteiger partial charge in [-0.25, -0.2) is 4.79 Å². The molecule has 0 heterocycles. The fourth-order valence-electron chi connectivity index (χ4n) is 3.73. The molecular formula is C28H56O5. The molecular weight excluding hydrogens is 416 g/mol. The van der Waals surface area contributed by atoms with E-state index in [4.69, 9.17) is 14.9 Å². The minimum atomic E-state index is -0.935. The highest BCUT2D eigenvalue weighted by Gasteiger charge is 2.00. The molecule has 0 radical (unpaired) electrons. The molecule has 5 nitrogen and oxygen atoms in total. The molecule has 0 aromatic heterocycles. The van der Waals surface area contributed by atoms with E-state index < -0.39 is 12.3 Å². The van der Waals surface area contributed by atoms with Gasteiger partial charge in [-0.3, -0.25) is 0 Å². The van der Waals surface area contributed by atoms with Crippen molar-refractivity contribution in [3.05, 3.63) is 12.2 Å². The summed E-state index contributed by atoms with van der Waals surface area (Å²) in [4.78, 5) is 9.60. The van der Waals surface area contributed by atoms with Crippen LogP contribution in [0.3, 0.4) is 0 Å². The van der Waals surface area contributed by atoms with Gasteiger partial charge in [-0.05, 0) is 26.2 Å². The molecule has 0 aromatic carbocycles. The first-order valence-corrected chi connectivity index (χ1v) is 13.7. The molecule has 1 unspecified atom stereocenters. The first kappa shape index (κ1) is 34.3. The molecule has 5 heteroatoms. The van der Waals surface area contributed by atoms with E-state index in [0.717, 1.165) is 19.3 Å². The fraction of sp³-hybridized carbons (Fsp3) is 0.893. The quantitative estimate of drug-likeness (QED) is 0.0758. The van der Waals surface area contributed by atoms with E-state index >= 15 is 0 Å².